The van der Waals surface area contributed by atoms with Gasteiger partial charge in [-0.05, 0) is 38.8 Å². The molecule has 0 aliphatic carbocycles. The van der Waals surface area contributed by atoms with E-state index in [1.807, 2.05) is 0 Å². The Balaban J connectivity index is 2.05. The van der Waals surface area contributed by atoms with Gasteiger partial charge in [-0.3, -0.25) is 0 Å². The highest BCUT2D eigenvalue weighted by molar-refractivity contribution is 5.22. The fraction of sp³-hybridized carbons (Fsp3) is 0.667. The van der Waals surface area contributed by atoms with Crippen LogP contribution in [0.15, 0.2) is 24.3 Å². The zero-order valence-electron chi connectivity index (χ0n) is 13.0. The van der Waals surface area contributed by atoms with Gasteiger partial charge < -0.3 is 5.32 Å². The van der Waals surface area contributed by atoms with E-state index in [2.05, 4.69) is 50.4 Å². The van der Waals surface area contributed by atoms with Gasteiger partial charge in [-0.2, -0.15) is 0 Å². The van der Waals surface area contributed by atoms with Crippen molar-refractivity contribution in [2.45, 2.75) is 71.8 Å². The molecule has 0 heterocycles. The monoisotopic (exact) mass is 261 g/mol. The van der Waals surface area contributed by atoms with Crippen LogP contribution >= 0.6 is 0 Å². The first-order chi connectivity index (χ1) is 9.22. The van der Waals surface area contributed by atoms with E-state index < -0.39 is 0 Å². The van der Waals surface area contributed by atoms with E-state index in [9.17, 15) is 0 Å². The van der Waals surface area contributed by atoms with Crippen LogP contribution in [-0.2, 0) is 6.42 Å². The van der Waals surface area contributed by atoms with Crippen molar-refractivity contribution in [2.75, 3.05) is 6.54 Å². The van der Waals surface area contributed by atoms with Gasteiger partial charge in [-0.15, -0.1) is 0 Å². The largest absolute Gasteiger partial charge is 0.314 e. The van der Waals surface area contributed by atoms with E-state index in [0.717, 1.165) is 13.0 Å². The minimum atomic E-state index is 0.659. The van der Waals surface area contributed by atoms with Gasteiger partial charge in [0.05, 0.1) is 0 Å². The third kappa shape index (κ3) is 8.05. The van der Waals surface area contributed by atoms with Crippen molar-refractivity contribution < 1.29 is 0 Å². The molecule has 1 unspecified atom stereocenters. The Labute approximate surface area is 119 Å². The smallest absolute Gasteiger partial charge is 0.00388 e. The minimum absolute atomic E-state index is 0.659. The molecule has 0 aromatic heterocycles. The lowest BCUT2D eigenvalue weighted by molar-refractivity contribution is 0.483. The molecule has 0 aliphatic rings. The molecule has 0 fully saturated rings. The summed E-state index contributed by atoms with van der Waals surface area (Å²) in [5, 5.41) is 3.64. The predicted molar refractivity (Wildman–Crippen MR) is 85.7 cm³/mol. The van der Waals surface area contributed by atoms with Crippen molar-refractivity contribution in [1.82, 2.24) is 5.32 Å². The summed E-state index contributed by atoms with van der Waals surface area (Å²) in [4.78, 5) is 0. The number of hydrogen-bond acceptors (Lipinski definition) is 1. The molecule has 1 rings (SSSR count). The number of aryl methyl sites for hydroxylation is 1. The molecule has 0 bridgehead atoms. The van der Waals surface area contributed by atoms with E-state index in [0.29, 0.717) is 6.04 Å². The quantitative estimate of drug-likeness (QED) is 0.592. The van der Waals surface area contributed by atoms with E-state index >= 15 is 0 Å². The summed E-state index contributed by atoms with van der Waals surface area (Å²) in [5.41, 5.74) is 2.81. The van der Waals surface area contributed by atoms with E-state index in [1.165, 1.54) is 49.7 Å². The molecule has 0 aliphatic heterocycles. The first-order valence-corrected chi connectivity index (χ1v) is 8.01. The van der Waals surface area contributed by atoms with E-state index in [4.69, 9.17) is 0 Å². The normalized spacial score (nSPS) is 12.6. The van der Waals surface area contributed by atoms with Crippen LogP contribution in [0, 0.1) is 6.92 Å². The van der Waals surface area contributed by atoms with Gasteiger partial charge >= 0.3 is 0 Å². The van der Waals surface area contributed by atoms with Crippen molar-refractivity contribution in [1.29, 1.82) is 0 Å². The molecule has 1 heteroatoms. The molecule has 0 amide bonds. The van der Waals surface area contributed by atoms with Gasteiger partial charge in [0.2, 0.25) is 0 Å². The van der Waals surface area contributed by atoms with Crippen LogP contribution in [0.2, 0.25) is 0 Å². The maximum atomic E-state index is 3.64. The molecule has 1 aromatic carbocycles. The first kappa shape index (κ1) is 16.2. The predicted octanol–water partition coefficient (Wildman–Crippen LogP) is 4.88. The third-order valence-corrected chi connectivity index (χ3v) is 3.73. The summed E-state index contributed by atoms with van der Waals surface area (Å²) >= 11 is 0. The Hall–Kier alpha value is -0.820. The van der Waals surface area contributed by atoms with Crippen LogP contribution < -0.4 is 5.32 Å². The highest BCUT2D eigenvalue weighted by atomic mass is 14.9. The van der Waals surface area contributed by atoms with Crippen molar-refractivity contribution in [3.05, 3.63) is 35.4 Å². The molecular formula is C18H31N. The average molecular weight is 261 g/mol. The molecule has 1 aromatic rings. The second-order valence-corrected chi connectivity index (χ2v) is 5.80. The van der Waals surface area contributed by atoms with Crippen LogP contribution in [0.4, 0.5) is 0 Å². The summed E-state index contributed by atoms with van der Waals surface area (Å²) < 4.78 is 0. The topological polar surface area (TPSA) is 12.0 Å². The number of unbranched alkanes of at least 4 members (excludes halogenated alkanes) is 4. The molecule has 0 radical (unpaired) electrons. The molecule has 19 heavy (non-hydrogen) atoms. The number of rotatable bonds is 10. The van der Waals surface area contributed by atoms with Crippen LogP contribution in [0.25, 0.3) is 0 Å². The minimum Gasteiger partial charge on any atom is -0.314 e. The fourth-order valence-electron chi connectivity index (χ4n) is 2.49. The lowest BCUT2D eigenvalue weighted by Gasteiger charge is -2.13. The van der Waals surface area contributed by atoms with Crippen molar-refractivity contribution in [3.8, 4) is 0 Å². The third-order valence-electron chi connectivity index (χ3n) is 3.73. The van der Waals surface area contributed by atoms with Crippen molar-refractivity contribution >= 4 is 0 Å². The van der Waals surface area contributed by atoms with Gasteiger partial charge in [0.15, 0.2) is 0 Å². The second-order valence-electron chi connectivity index (χ2n) is 5.80. The van der Waals surface area contributed by atoms with Gasteiger partial charge in [0.1, 0.15) is 0 Å². The zero-order valence-corrected chi connectivity index (χ0v) is 13.0. The molecule has 1 N–H and O–H groups in total. The molecule has 0 saturated heterocycles. The zero-order chi connectivity index (χ0) is 13.9. The molecule has 1 atom stereocenters. The Morgan fingerprint density at radius 1 is 1.11 bits per heavy atom. The Bertz CT molecular complexity index is 332. The maximum Gasteiger partial charge on any atom is 0.00388 e. The molecule has 108 valence electrons. The Morgan fingerprint density at radius 3 is 2.63 bits per heavy atom. The van der Waals surface area contributed by atoms with Gasteiger partial charge in [-0.1, -0.05) is 68.9 Å². The number of benzene rings is 1. The SMILES string of the molecule is CCCCCCCC(C)NCCc1cccc(C)c1. The summed E-state index contributed by atoms with van der Waals surface area (Å²) in [6.45, 7) is 7.85. The van der Waals surface area contributed by atoms with Crippen molar-refractivity contribution in [3.63, 3.8) is 0 Å². The summed E-state index contributed by atoms with van der Waals surface area (Å²) in [6, 6.07) is 9.49. The number of nitrogens with one attached hydrogen (secondary N) is 1. The highest BCUT2D eigenvalue weighted by Gasteiger charge is 2.01. The fourth-order valence-corrected chi connectivity index (χ4v) is 2.49. The summed E-state index contributed by atoms with van der Waals surface area (Å²) in [7, 11) is 0. The molecule has 0 saturated carbocycles. The Morgan fingerprint density at radius 2 is 1.89 bits per heavy atom. The van der Waals surface area contributed by atoms with Crippen LogP contribution in [0.1, 0.15) is 63.5 Å². The van der Waals surface area contributed by atoms with Crippen LogP contribution in [0.3, 0.4) is 0 Å². The standard InChI is InChI=1S/C18H31N/c1-4-5-6-7-8-11-17(3)19-14-13-18-12-9-10-16(2)15-18/h9-10,12,15,17,19H,4-8,11,13-14H2,1-3H3. The van der Waals surface area contributed by atoms with E-state index in [1.54, 1.807) is 0 Å². The van der Waals surface area contributed by atoms with Crippen LogP contribution in [-0.4, -0.2) is 12.6 Å². The van der Waals surface area contributed by atoms with Gasteiger partial charge in [0, 0.05) is 6.04 Å². The highest BCUT2D eigenvalue weighted by Crippen LogP contribution is 2.08. The van der Waals surface area contributed by atoms with Crippen molar-refractivity contribution in [2.24, 2.45) is 0 Å². The first-order valence-electron chi connectivity index (χ1n) is 8.01. The average Bonchev–Trinajstić information content (AvgIpc) is 2.38. The van der Waals surface area contributed by atoms with Crippen LogP contribution in [0.5, 0.6) is 0 Å². The lowest BCUT2D eigenvalue weighted by atomic mass is 10.1. The van der Waals surface area contributed by atoms with Gasteiger partial charge in [-0.25, -0.2) is 0 Å². The second kappa shape index (κ2) is 10.0. The lowest BCUT2D eigenvalue weighted by Crippen LogP contribution is -2.28. The Kier molecular flexibility index (Phi) is 8.57. The van der Waals surface area contributed by atoms with E-state index in [-0.39, 0.29) is 0 Å². The molecule has 1 nitrogen and oxygen atoms in total. The van der Waals surface area contributed by atoms with Gasteiger partial charge in [0.25, 0.3) is 0 Å². The number of hydrogen-bond donors (Lipinski definition) is 1. The molecule has 0 spiro atoms. The molecular weight excluding hydrogens is 230 g/mol. The summed E-state index contributed by atoms with van der Waals surface area (Å²) in [6.07, 6.45) is 9.38. The summed E-state index contributed by atoms with van der Waals surface area (Å²) in [5.74, 6) is 0. The maximum absolute atomic E-state index is 3.64.